The van der Waals surface area contributed by atoms with Crippen molar-refractivity contribution in [2.45, 2.75) is 59.0 Å². The Morgan fingerprint density at radius 1 is 1.14 bits per heavy atom. The number of amides is 1. The molecule has 1 amide bonds. The third-order valence-electron chi connectivity index (χ3n) is 4.25. The molecular weight excluding hydrogens is 394 g/mol. The van der Waals surface area contributed by atoms with E-state index in [2.05, 4.69) is 5.32 Å². The Balaban J connectivity index is 4.81. The van der Waals surface area contributed by atoms with Crippen LogP contribution in [0.15, 0.2) is 0 Å². The summed E-state index contributed by atoms with van der Waals surface area (Å²) in [5, 5.41) is 22.6. The summed E-state index contributed by atoms with van der Waals surface area (Å²) in [6.45, 7) is 5.25. The molecule has 10 nitrogen and oxygen atoms in total. The Bertz CT molecular complexity index is 645. The second kappa shape index (κ2) is 11.3. The van der Waals surface area contributed by atoms with Crippen molar-refractivity contribution < 1.29 is 41.9 Å². The van der Waals surface area contributed by atoms with E-state index in [0.29, 0.717) is 0 Å². The summed E-state index contributed by atoms with van der Waals surface area (Å²) in [6.07, 6.45) is 0.149. The summed E-state index contributed by atoms with van der Waals surface area (Å²) in [5.74, 6) is -2.60. The third kappa shape index (κ3) is 8.98. The number of rotatable bonds is 14. The highest BCUT2D eigenvalue weighted by Gasteiger charge is 2.50. The lowest BCUT2D eigenvalue weighted by Crippen LogP contribution is -2.54. The van der Waals surface area contributed by atoms with Gasteiger partial charge in [-0.2, -0.15) is 8.42 Å². The molecule has 0 aromatic rings. The number of hydrogen-bond donors (Lipinski definition) is 3. The van der Waals surface area contributed by atoms with E-state index in [1.54, 1.807) is 6.92 Å². The molecule has 0 fully saturated rings. The molecule has 0 aliphatic heterocycles. The molecule has 0 aromatic heterocycles. The number of carbonyl (C=O) groups is 3. The maximum atomic E-state index is 12.0. The summed E-state index contributed by atoms with van der Waals surface area (Å²) < 4.78 is 33.7. The van der Waals surface area contributed by atoms with E-state index >= 15 is 0 Å². The van der Waals surface area contributed by atoms with Gasteiger partial charge in [-0.05, 0) is 19.3 Å². The molecule has 0 saturated heterocycles. The number of aliphatic hydroxyl groups is 1. The molecule has 0 rings (SSSR count). The highest BCUT2D eigenvalue weighted by atomic mass is 32.2. The summed E-state index contributed by atoms with van der Waals surface area (Å²) in [6, 6.07) is 0. The van der Waals surface area contributed by atoms with Crippen molar-refractivity contribution in [1.29, 1.82) is 0 Å². The van der Waals surface area contributed by atoms with E-state index in [1.807, 2.05) is 0 Å². The second-order valence-electron chi connectivity index (χ2n) is 7.09. The normalized spacial score (nSPS) is 14.2. The van der Waals surface area contributed by atoms with Crippen molar-refractivity contribution in [2.24, 2.45) is 5.41 Å². The third-order valence-corrected chi connectivity index (χ3v) is 5.52. The number of carboxylic acids is 1. The average molecular weight is 426 g/mol. The molecule has 28 heavy (non-hydrogen) atoms. The fraction of sp³-hybridized carbons (Fsp3) is 0.824. The molecule has 0 spiro atoms. The molecule has 164 valence electrons. The van der Waals surface area contributed by atoms with Crippen LogP contribution in [0.5, 0.6) is 0 Å². The number of carboxylic acid groups (broad SMARTS) is 1. The molecular formula is C17H31NO9S. The van der Waals surface area contributed by atoms with Crippen molar-refractivity contribution in [3.8, 4) is 0 Å². The van der Waals surface area contributed by atoms with Gasteiger partial charge in [-0.25, -0.2) is 4.79 Å². The van der Waals surface area contributed by atoms with E-state index < -0.39 is 39.7 Å². The van der Waals surface area contributed by atoms with E-state index in [0.717, 1.165) is 0 Å². The smallest absolute Gasteiger partial charge is 0.336 e. The average Bonchev–Trinajstić information content (AvgIpc) is 2.60. The number of esters is 1. The fourth-order valence-electron chi connectivity index (χ4n) is 2.28. The van der Waals surface area contributed by atoms with Crippen molar-refractivity contribution in [1.82, 2.24) is 5.32 Å². The first kappa shape index (κ1) is 26.3. The van der Waals surface area contributed by atoms with Gasteiger partial charge in [-0.3, -0.25) is 13.8 Å². The van der Waals surface area contributed by atoms with Gasteiger partial charge in [0.15, 0.2) is 5.60 Å². The molecule has 0 aliphatic rings. The van der Waals surface area contributed by atoms with Crippen molar-refractivity contribution in [3.63, 3.8) is 0 Å². The predicted octanol–water partition coefficient (Wildman–Crippen LogP) is 0.434. The Kier molecular flexibility index (Phi) is 10.6. The lowest BCUT2D eigenvalue weighted by molar-refractivity contribution is -0.177. The van der Waals surface area contributed by atoms with Crippen LogP contribution in [0.2, 0.25) is 0 Å². The van der Waals surface area contributed by atoms with Gasteiger partial charge in [-0.1, -0.05) is 20.8 Å². The van der Waals surface area contributed by atoms with Gasteiger partial charge >= 0.3 is 11.9 Å². The van der Waals surface area contributed by atoms with Gasteiger partial charge in [0.25, 0.3) is 10.1 Å². The van der Waals surface area contributed by atoms with Crippen molar-refractivity contribution in [3.05, 3.63) is 0 Å². The van der Waals surface area contributed by atoms with E-state index in [4.69, 9.17) is 8.92 Å². The van der Waals surface area contributed by atoms with Crippen LogP contribution in [0.3, 0.4) is 0 Å². The van der Waals surface area contributed by atoms with Gasteiger partial charge in [0, 0.05) is 25.3 Å². The first-order valence-corrected chi connectivity index (χ1v) is 10.6. The lowest BCUT2D eigenvalue weighted by Gasteiger charge is -2.38. The number of aliphatic carboxylic acids is 1. The van der Waals surface area contributed by atoms with Crippen LogP contribution < -0.4 is 5.32 Å². The Morgan fingerprint density at radius 2 is 1.75 bits per heavy atom. The molecule has 0 heterocycles. The summed E-state index contributed by atoms with van der Waals surface area (Å²) in [5.41, 5.74) is -3.73. The van der Waals surface area contributed by atoms with E-state index in [9.17, 15) is 33.0 Å². The van der Waals surface area contributed by atoms with Crippen LogP contribution in [0, 0.1) is 5.41 Å². The number of nitrogens with one attached hydrogen (secondary N) is 1. The molecule has 0 unspecified atom stereocenters. The van der Waals surface area contributed by atoms with Crippen LogP contribution >= 0.6 is 0 Å². The molecule has 1 atom stereocenters. The van der Waals surface area contributed by atoms with Gasteiger partial charge in [-0.15, -0.1) is 0 Å². The van der Waals surface area contributed by atoms with E-state index in [1.165, 1.54) is 20.8 Å². The van der Waals surface area contributed by atoms with Crippen LogP contribution in [0.4, 0.5) is 0 Å². The standard InChI is InChI=1S/C17H31NO9S/c1-5-14(20)26-10-6-8-17(23,15(21)22)16(3,4)12-27-28(24,25)11-7-9-18-13(2)19/h23H,5-12H2,1-4H3,(H,18,19)(H,21,22)/t17-/m0/s1. The largest absolute Gasteiger partial charge is 0.479 e. The van der Waals surface area contributed by atoms with Gasteiger partial charge in [0.1, 0.15) is 0 Å². The molecule has 0 aromatic carbocycles. The minimum Gasteiger partial charge on any atom is -0.479 e. The summed E-state index contributed by atoms with van der Waals surface area (Å²) in [7, 11) is -3.96. The molecule has 0 aliphatic carbocycles. The highest BCUT2D eigenvalue weighted by Crippen LogP contribution is 2.36. The molecule has 0 radical (unpaired) electrons. The molecule has 11 heteroatoms. The summed E-state index contributed by atoms with van der Waals surface area (Å²) in [4.78, 5) is 33.5. The second-order valence-corrected chi connectivity index (χ2v) is 8.85. The highest BCUT2D eigenvalue weighted by molar-refractivity contribution is 7.86. The van der Waals surface area contributed by atoms with Crippen LogP contribution in [-0.4, -0.2) is 67.6 Å². The molecule has 0 bridgehead atoms. The Morgan fingerprint density at radius 3 is 2.25 bits per heavy atom. The first-order chi connectivity index (χ1) is 12.8. The van der Waals surface area contributed by atoms with Crippen LogP contribution in [0.1, 0.15) is 53.4 Å². The topological polar surface area (TPSA) is 156 Å². The quantitative estimate of drug-likeness (QED) is 0.204. The zero-order valence-electron chi connectivity index (χ0n) is 16.8. The number of carbonyl (C=O) groups excluding carboxylic acids is 2. The lowest BCUT2D eigenvalue weighted by atomic mass is 9.73. The van der Waals surface area contributed by atoms with Crippen LogP contribution in [0.25, 0.3) is 0 Å². The zero-order chi connectivity index (χ0) is 22.0. The summed E-state index contributed by atoms with van der Waals surface area (Å²) >= 11 is 0. The van der Waals surface area contributed by atoms with Crippen molar-refractivity contribution >= 4 is 28.0 Å². The Hall–Kier alpha value is -1.72. The minimum atomic E-state index is -3.96. The monoisotopic (exact) mass is 425 g/mol. The maximum absolute atomic E-state index is 12.0. The molecule has 0 saturated carbocycles. The zero-order valence-corrected chi connectivity index (χ0v) is 17.6. The molecule has 3 N–H and O–H groups in total. The number of hydrogen-bond acceptors (Lipinski definition) is 8. The Labute approximate surface area is 165 Å². The first-order valence-electron chi connectivity index (χ1n) is 9.00. The SMILES string of the molecule is CCC(=O)OCCC[C@](O)(C(=O)O)C(C)(C)COS(=O)(=O)CCCNC(C)=O. The minimum absolute atomic E-state index is 0.0549. The van der Waals surface area contributed by atoms with Gasteiger partial charge in [0.05, 0.1) is 19.0 Å². The number of ether oxygens (including phenoxy) is 1. The fourth-order valence-corrected chi connectivity index (χ4v) is 3.37. The van der Waals surface area contributed by atoms with Crippen molar-refractivity contribution in [2.75, 3.05) is 25.5 Å². The maximum Gasteiger partial charge on any atom is 0.336 e. The van der Waals surface area contributed by atoms with Gasteiger partial charge < -0.3 is 20.3 Å². The predicted molar refractivity (Wildman–Crippen MR) is 99.9 cm³/mol. The van der Waals surface area contributed by atoms with E-state index in [-0.39, 0.29) is 50.5 Å². The van der Waals surface area contributed by atoms with Crippen LogP contribution in [-0.2, 0) is 33.4 Å². The van der Waals surface area contributed by atoms with Gasteiger partial charge in [0.2, 0.25) is 5.91 Å².